The molecule has 2 aromatic carbocycles. The van der Waals surface area contributed by atoms with E-state index in [0.717, 1.165) is 17.7 Å². The number of aromatic hydroxyl groups is 2. The van der Waals surface area contributed by atoms with E-state index in [1.807, 2.05) is 25.1 Å². The zero-order valence-corrected chi connectivity index (χ0v) is 13.0. The minimum Gasteiger partial charge on any atom is -0.508 e. The van der Waals surface area contributed by atoms with Gasteiger partial charge in [0, 0.05) is 12.6 Å². The van der Waals surface area contributed by atoms with Crippen LogP contribution in [-0.2, 0) is 0 Å². The van der Waals surface area contributed by atoms with Crippen molar-refractivity contribution in [1.29, 1.82) is 0 Å². The molecular formula is C17H21NO4. The Labute approximate surface area is 130 Å². The van der Waals surface area contributed by atoms with E-state index < -0.39 is 0 Å². The van der Waals surface area contributed by atoms with E-state index in [-0.39, 0.29) is 11.5 Å². The van der Waals surface area contributed by atoms with Gasteiger partial charge in [-0.05, 0) is 49.5 Å². The van der Waals surface area contributed by atoms with E-state index in [9.17, 15) is 10.2 Å². The third kappa shape index (κ3) is 4.05. The van der Waals surface area contributed by atoms with Gasteiger partial charge in [-0.25, -0.2) is 0 Å². The lowest BCUT2D eigenvalue weighted by atomic mass is 10.0. The number of nitrogens with zero attached hydrogens (tertiary/aromatic N) is 1. The van der Waals surface area contributed by atoms with Crippen molar-refractivity contribution in [1.82, 2.24) is 4.90 Å². The maximum atomic E-state index is 10.1. The third-order valence-electron chi connectivity index (χ3n) is 3.22. The molecule has 0 amide bonds. The molecule has 5 heteroatoms. The smallest absolute Gasteiger partial charge is 0.161 e. The van der Waals surface area contributed by atoms with E-state index >= 15 is 0 Å². The molecule has 118 valence electrons. The summed E-state index contributed by atoms with van der Waals surface area (Å²) in [5.41, 5.74) is 1.53. The molecule has 0 aliphatic rings. The average Bonchev–Trinajstić information content (AvgIpc) is 2.47. The molecule has 0 radical (unpaired) electrons. The molecule has 2 N–H and O–H groups in total. The summed E-state index contributed by atoms with van der Waals surface area (Å²) in [5.74, 6) is 1.18. The minimum absolute atomic E-state index is 0.0681. The summed E-state index contributed by atoms with van der Waals surface area (Å²) in [7, 11) is 5.46. The van der Waals surface area contributed by atoms with Crippen LogP contribution >= 0.6 is 0 Å². The van der Waals surface area contributed by atoms with E-state index in [4.69, 9.17) is 9.47 Å². The zero-order chi connectivity index (χ0) is 16.1. The number of benzene rings is 2. The van der Waals surface area contributed by atoms with Gasteiger partial charge in [0.25, 0.3) is 0 Å². The van der Waals surface area contributed by atoms with Crippen molar-refractivity contribution in [3.8, 4) is 34.1 Å². The maximum Gasteiger partial charge on any atom is 0.161 e. The van der Waals surface area contributed by atoms with Gasteiger partial charge in [-0.1, -0.05) is 6.07 Å². The van der Waals surface area contributed by atoms with Crippen LogP contribution in [0.2, 0.25) is 0 Å². The molecule has 0 aliphatic carbocycles. The Morgan fingerprint density at radius 2 is 1.77 bits per heavy atom. The number of phenolic OH excluding ortho intramolecular Hbond substituents is 2. The summed E-state index contributed by atoms with van der Waals surface area (Å²) in [4.78, 5) is 2.00. The predicted octanol–water partition coefficient (Wildman–Crippen LogP) is 2.71. The number of methoxy groups -OCH3 is 1. The maximum absolute atomic E-state index is 10.1. The van der Waals surface area contributed by atoms with Crippen molar-refractivity contribution in [2.24, 2.45) is 0 Å². The molecule has 0 aromatic heterocycles. The van der Waals surface area contributed by atoms with Gasteiger partial charge in [0.15, 0.2) is 11.5 Å². The first kappa shape index (κ1) is 16.0. The SMILES string of the molecule is COc1cc(O)cc(-c2ccc(OCCN(C)C)c(O)c2)c1. The number of ether oxygens (including phenoxy) is 2. The number of rotatable bonds is 6. The lowest BCUT2D eigenvalue weighted by Gasteiger charge is -2.13. The summed E-state index contributed by atoms with van der Waals surface area (Å²) >= 11 is 0. The molecule has 2 aromatic rings. The second-order valence-electron chi connectivity index (χ2n) is 5.25. The molecule has 0 spiro atoms. The topological polar surface area (TPSA) is 62.2 Å². The van der Waals surface area contributed by atoms with Crippen LogP contribution in [0.25, 0.3) is 11.1 Å². The zero-order valence-electron chi connectivity index (χ0n) is 13.0. The highest BCUT2D eigenvalue weighted by Crippen LogP contribution is 2.34. The first-order chi connectivity index (χ1) is 10.5. The van der Waals surface area contributed by atoms with Gasteiger partial charge in [0.1, 0.15) is 18.1 Å². The first-order valence-corrected chi connectivity index (χ1v) is 6.98. The molecule has 2 rings (SSSR count). The predicted molar refractivity (Wildman–Crippen MR) is 85.8 cm³/mol. The molecule has 0 unspecified atom stereocenters. The normalized spacial score (nSPS) is 10.7. The van der Waals surface area contributed by atoms with Gasteiger partial charge < -0.3 is 24.6 Å². The summed E-state index contributed by atoms with van der Waals surface area (Å²) in [6, 6.07) is 10.1. The Morgan fingerprint density at radius 3 is 2.41 bits per heavy atom. The van der Waals surface area contributed by atoms with Crippen LogP contribution in [-0.4, -0.2) is 49.5 Å². The molecule has 0 saturated heterocycles. The van der Waals surface area contributed by atoms with E-state index in [1.165, 1.54) is 13.2 Å². The molecular weight excluding hydrogens is 282 g/mol. The van der Waals surface area contributed by atoms with Crippen LogP contribution in [0.1, 0.15) is 0 Å². The van der Waals surface area contributed by atoms with Gasteiger partial charge in [-0.15, -0.1) is 0 Å². The number of hydrogen-bond donors (Lipinski definition) is 2. The largest absolute Gasteiger partial charge is 0.508 e. The summed E-state index contributed by atoms with van der Waals surface area (Å²) in [6.45, 7) is 1.27. The van der Waals surface area contributed by atoms with Crippen molar-refractivity contribution in [2.45, 2.75) is 0 Å². The fourth-order valence-corrected chi connectivity index (χ4v) is 2.03. The Kier molecular flexibility index (Phi) is 5.12. The van der Waals surface area contributed by atoms with E-state index in [1.54, 1.807) is 24.3 Å². The summed E-state index contributed by atoms with van der Waals surface area (Å²) < 4.78 is 10.7. The van der Waals surface area contributed by atoms with Gasteiger partial charge >= 0.3 is 0 Å². The lowest BCUT2D eigenvalue weighted by molar-refractivity contribution is 0.252. The quantitative estimate of drug-likeness (QED) is 0.859. The van der Waals surface area contributed by atoms with Crippen molar-refractivity contribution in [3.63, 3.8) is 0 Å². The van der Waals surface area contributed by atoms with Gasteiger partial charge in [0.2, 0.25) is 0 Å². The van der Waals surface area contributed by atoms with E-state index in [2.05, 4.69) is 0 Å². The Balaban J connectivity index is 2.20. The highest BCUT2D eigenvalue weighted by molar-refractivity contribution is 5.69. The fourth-order valence-electron chi connectivity index (χ4n) is 2.03. The van der Waals surface area contributed by atoms with Crippen molar-refractivity contribution < 1.29 is 19.7 Å². The van der Waals surface area contributed by atoms with E-state index in [0.29, 0.717) is 18.1 Å². The van der Waals surface area contributed by atoms with Crippen LogP contribution < -0.4 is 9.47 Å². The Morgan fingerprint density at radius 1 is 1.00 bits per heavy atom. The third-order valence-corrected chi connectivity index (χ3v) is 3.22. The minimum atomic E-state index is 0.0681. The van der Waals surface area contributed by atoms with Crippen LogP contribution in [0.15, 0.2) is 36.4 Å². The van der Waals surface area contributed by atoms with Crippen LogP contribution in [0.4, 0.5) is 0 Å². The Bertz CT molecular complexity index is 641. The lowest BCUT2D eigenvalue weighted by Crippen LogP contribution is -2.19. The second kappa shape index (κ2) is 7.04. The molecule has 0 saturated carbocycles. The highest BCUT2D eigenvalue weighted by Gasteiger charge is 2.08. The molecule has 22 heavy (non-hydrogen) atoms. The van der Waals surface area contributed by atoms with Gasteiger partial charge in [-0.3, -0.25) is 0 Å². The standard InChI is InChI=1S/C17H21NO4/c1-18(2)6-7-22-17-5-4-12(10-16(17)20)13-8-14(19)11-15(9-13)21-3/h4-5,8-11,19-20H,6-7H2,1-3H3. The van der Waals surface area contributed by atoms with Crippen molar-refractivity contribution in [2.75, 3.05) is 34.4 Å². The first-order valence-electron chi connectivity index (χ1n) is 6.98. The summed E-state index contributed by atoms with van der Waals surface area (Å²) in [5, 5.41) is 19.8. The Hall–Kier alpha value is -2.40. The number of hydrogen-bond acceptors (Lipinski definition) is 5. The van der Waals surface area contributed by atoms with Crippen LogP contribution in [0.5, 0.6) is 23.0 Å². The van der Waals surface area contributed by atoms with Gasteiger partial charge in [0.05, 0.1) is 7.11 Å². The molecule has 0 heterocycles. The second-order valence-corrected chi connectivity index (χ2v) is 5.25. The molecule has 5 nitrogen and oxygen atoms in total. The highest BCUT2D eigenvalue weighted by atomic mass is 16.5. The molecule has 0 aliphatic heterocycles. The number of phenols is 2. The van der Waals surface area contributed by atoms with Crippen LogP contribution in [0.3, 0.4) is 0 Å². The fraction of sp³-hybridized carbons (Fsp3) is 0.294. The average molecular weight is 303 g/mol. The number of likely N-dealkylation sites (N-methyl/N-ethyl adjacent to an activating group) is 1. The van der Waals surface area contributed by atoms with Crippen molar-refractivity contribution in [3.05, 3.63) is 36.4 Å². The molecule has 0 atom stereocenters. The molecule has 0 fully saturated rings. The van der Waals surface area contributed by atoms with Crippen molar-refractivity contribution >= 4 is 0 Å². The van der Waals surface area contributed by atoms with Gasteiger partial charge in [-0.2, -0.15) is 0 Å². The van der Waals surface area contributed by atoms with Crippen LogP contribution in [0, 0.1) is 0 Å². The molecule has 0 bridgehead atoms. The monoisotopic (exact) mass is 303 g/mol. The summed E-state index contributed by atoms with van der Waals surface area (Å²) in [6.07, 6.45) is 0.